The van der Waals surface area contributed by atoms with E-state index in [0.717, 1.165) is 42.8 Å². The molecule has 1 atom stereocenters. The van der Waals surface area contributed by atoms with E-state index < -0.39 is 0 Å². The summed E-state index contributed by atoms with van der Waals surface area (Å²) < 4.78 is 5.44. The second-order valence-electron chi connectivity index (χ2n) is 4.90. The molecule has 1 amide bonds. The third kappa shape index (κ3) is 3.70. The topological polar surface area (TPSA) is 50.4 Å². The molecule has 0 aliphatic carbocycles. The SMILES string of the molecule is CCOc1ccc(NC(=O)[C@@H]2CCCCN2)c(C)c1. The summed E-state index contributed by atoms with van der Waals surface area (Å²) in [6.45, 7) is 5.52. The summed E-state index contributed by atoms with van der Waals surface area (Å²) in [5, 5.41) is 6.25. The molecule has 1 aromatic carbocycles. The van der Waals surface area contributed by atoms with Crippen molar-refractivity contribution in [3.8, 4) is 5.75 Å². The van der Waals surface area contributed by atoms with Crippen molar-refractivity contribution in [1.29, 1.82) is 0 Å². The van der Waals surface area contributed by atoms with Gasteiger partial charge in [0.25, 0.3) is 0 Å². The van der Waals surface area contributed by atoms with Crippen LogP contribution in [-0.2, 0) is 4.79 Å². The highest BCUT2D eigenvalue weighted by atomic mass is 16.5. The molecule has 0 unspecified atom stereocenters. The third-order valence-electron chi connectivity index (χ3n) is 3.39. The van der Waals surface area contributed by atoms with Gasteiger partial charge in [-0.2, -0.15) is 0 Å². The van der Waals surface area contributed by atoms with E-state index in [4.69, 9.17) is 4.74 Å². The van der Waals surface area contributed by atoms with Crippen molar-refractivity contribution in [1.82, 2.24) is 5.32 Å². The number of aryl methyl sites for hydroxylation is 1. The second kappa shape index (κ2) is 6.57. The largest absolute Gasteiger partial charge is 0.494 e. The standard InChI is InChI=1S/C15H22N2O2/c1-3-19-12-7-8-13(11(2)10-12)17-15(18)14-6-4-5-9-16-14/h7-8,10,14,16H,3-6,9H2,1-2H3,(H,17,18)/t14-/m0/s1. The van der Waals surface area contributed by atoms with Crippen LogP contribution in [0, 0.1) is 6.92 Å². The Morgan fingerprint density at radius 2 is 2.32 bits per heavy atom. The Kier molecular flexibility index (Phi) is 4.80. The van der Waals surface area contributed by atoms with Crippen LogP contribution in [0.4, 0.5) is 5.69 Å². The van der Waals surface area contributed by atoms with Gasteiger partial charge in [0.1, 0.15) is 5.75 Å². The Morgan fingerprint density at radius 3 is 2.95 bits per heavy atom. The van der Waals surface area contributed by atoms with Gasteiger partial charge >= 0.3 is 0 Å². The maximum atomic E-state index is 12.1. The number of carbonyl (C=O) groups excluding carboxylic acids is 1. The monoisotopic (exact) mass is 262 g/mol. The molecule has 1 heterocycles. The van der Waals surface area contributed by atoms with Gasteiger partial charge in [0.05, 0.1) is 12.6 Å². The third-order valence-corrected chi connectivity index (χ3v) is 3.39. The number of ether oxygens (including phenoxy) is 1. The first-order valence-electron chi connectivity index (χ1n) is 6.98. The van der Waals surface area contributed by atoms with E-state index in [2.05, 4.69) is 10.6 Å². The second-order valence-corrected chi connectivity index (χ2v) is 4.90. The van der Waals surface area contributed by atoms with E-state index in [-0.39, 0.29) is 11.9 Å². The number of rotatable bonds is 4. The summed E-state index contributed by atoms with van der Waals surface area (Å²) in [6, 6.07) is 5.69. The molecule has 1 aliphatic rings. The lowest BCUT2D eigenvalue weighted by Gasteiger charge is -2.23. The summed E-state index contributed by atoms with van der Waals surface area (Å²) in [5.74, 6) is 0.903. The predicted octanol–water partition coefficient (Wildman–Crippen LogP) is 2.47. The average Bonchev–Trinajstić information content (AvgIpc) is 2.43. The van der Waals surface area contributed by atoms with E-state index in [1.807, 2.05) is 32.0 Å². The van der Waals surface area contributed by atoms with Crippen molar-refractivity contribution in [2.24, 2.45) is 0 Å². The molecular formula is C15H22N2O2. The van der Waals surface area contributed by atoms with E-state index in [1.165, 1.54) is 0 Å². The molecule has 0 radical (unpaired) electrons. The number of hydrogen-bond donors (Lipinski definition) is 2. The van der Waals surface area contributed by atoms with Crippen LogP contribution in [-0.4, -0.2) is 25.1 Å². The zero-order chi connectivity index (χ0) is 13.7. The Balaban J connectivity index is 2.00. The molecule has 19 heavy (non-hydrogen) atoms. The van der Waals surface area contributed by atoms with Crippen LogP contribution in [0.2, 0.25) is 0 Å². The van der Waals surface area contributed by atoms with Crippen molar-refractivity contribution in [2.75, 3.05) is 18.5 Å². The Bertz CT molecular complexity index is 440. The van der Waals surface area contributed by atoms with Gasteiger partial charge in [0, 0.05) is 5.69 Å². The predicted molar refractivity (Wildman–Crippen MR) is 76.6 cm³/mol. The molecule has 1 saturated heterocycles. The van der Waals surface area contributed by atoms with Crippen molar-refractivity contribution >= 4 is 11.6 Å². The number of piperidine rings is 1. The summed E-state index contributed by atoms with van der Waals surface area (Å²) in [7, 11) is 0. The Labute approximate surface area is 114 Å². The maximum Gasteiger partial charge on any atom is 0.241 e. The highest BCUT2D eigenvalue weighted by Crippen LogP contribution is 2.22. The molecule has 1 aliphatic heterocycles. The molecule has 1 fully saturated rings. The summed E-state index contributed by atoms with van der Waals surface area (Å²) in [5.41, 5.74) is 1.89. The number of carbonyl (C=O) groups is 1. The molecule has 2 rings (SSSR count). The molecule has 1 aromatic rings. The first kappa shape index (κ1) is 13.9. The van der Waals surface area contributed by atoms with Gasteiger partial charge in [-0.05, 0) is 57.0 Å². The summed E-state index contributed by atoms with van der Waals surface area (Å²) in [4.78, 5) is 12.1. The van der Waals surface area contributed by atoms with Crippen LogP contribution >= 0.6 is 0 Å². The maximum absolute atomic E-state index is 12.1. The lowest BCUT2D eigenvalue weighted by atomic mass is 10.0. The first-order chi connectivity index (χ1) is 9.20. The van der Waals surface area contributed by atoms with Crippen molar-refractivity contribution in [2.45, 2.75) is 39.2 Å². The molecule has 0 spiro atoms. The number of amides is 1. The van der Waals surface area contributed by atoms with E-state index in [9.17, 15) is 4.79 Å². The van der Waals surface area contributed by atoms with Gasteiger partial charge in [-0.3, -0.25) is 4.79 Å². The highest BCUT2D eigenvalue weighted by molar-refractivity contribution is 5.95. The summed E-state index contributed by atoms with van der Waals surface area (Å²) in [6.07, 6.45) is 3.20. The van der Waals surface area contributed by atoms with E-state index in [1.54, 1.807) is 0 Å². The zero-order valence-electron chi connectivity index (χ0n) is 11.7. The molecule has 0 saturated carbocycles. The van der Waals surface area contributed by atoms with Gasteiger partial charge in [-0.1, -0.05) is 6.42 Å². The number of hydrogen-bond acceptors (Lipinski definition) is 3. The van der Waals surface area contributed by atoms with Crippen LogP contribution < -0.4 is 15.4 Å². The molecular weight excluding hydrogens is 240 g/mol. The normalized spacial score (nSPS) is 18.9. The zero-order valence-corrected chi connectivity index (χ0v) is 11.7. The fourth-order valence-electron chi connectivity index (χ4n) is 2.33. The first-order valence-corrected chi connectivity index (χ1v) is 6.98. The number of anilines is 1. The summed E-state index contributed by atoms with van der Waals surface area (Å²) >= 11 is 0. The fourth-order valence-corrected chi connectivity index (χ4v) is 2.33. The van der Waals surface area contributed by atoms with Crippen molar-refractivity contribution in [3.05, 3.63) is 23.8 Å². The quantitative estimate of drug-likeness (QED) is 0.876. The lowest BCUT2D eigenvalue weighted by Crippen LogP contribution is -2.43. The minimum Gasteiger partial charge on any atom is -0.494 e. The van der Waals surface area contributed by atoms with Crippen LogP contribution in [0.15, 0.2) is 18.2 Å². The van der Waals surface area contributed by atoms with Gasteiger partial charge in [-0.25, -0.2) is 0 Å². The smallest absolute Gasteiger partial charge is 0.241 e. The Morgan fingerprint density at radius 1 is 1.47 bits per heavy atom. The molecule has 2 N–H and O–H groups in total. The van der Waals surface area contributed by atoms with Crippen LogP contribution in [0.5, 0.6) is 5.75 Å². The van der Waals surface area contributed by atoms with E-state index in [0.29, 0.717) is 6.61 Å². The van der Waals surface area contributed by atoms with E-state index >= 15 is 0 Å². The lowest BCUT2D eigenvalue weighted by molar-refractivity contribution is -0.118. The number of benzene rings is 1. The van der Waals surface area contributed by atoms with Gasteiger partial charge in [0.15, 0.2) is 0 Å². The highest BCUT2D eigenvalue weighted by Gasteiger charge is 2.20. The van der Waals surface area contributed by atoms with Crippen LogP contribution in [0.1, 0.15) is 31.7 Å². The molecule has 0 aromatic heterocycles. The van der Waals surface area contributed by atoms with Crippen LogP contribution in [0.3, 0.4) is 0 Å². The molecule has 104 valence electrons. The molecule has 0 bridgehead atoms. The molecule has 4 nitrogen and oxygen atoms in total. The molecule has 4 heteroatoms. The Hall–Kier alpha value is -1.55. The van der Waals surface area contributed by atoms with Gasteiger partial charge in [0.2, 0.25) is 5.91 Å². The van der Waals surface area contributed by atoms with Gasteiger partial charge in [-0.15, -0.1) is 0 Å². The number of nitrogens with one attached hydrogen (secondary N) is 2. The van der Waals surface area contributed by atoms with Crippen LogP contribution in [0.25, 0.3) is 0 Å². The average molecular weight is 262 g/mol. The fraction of sp³-hybridized carbons (Fsp3) is 0.533. The van der Waals surface area contributed by atoms with Crippen molar-refractivity contribution in [3.63, 3.8) is 0 Å². The minimum absolute atomic E-state index is 0.0558. The van der Waals surface area contributed by atoms with Crippen molar-refractivity contribution < 1.29 is 9.53 Å². The van der Waals surface area contributed by atoms with Gasteiger partial charge < -0.3 is 15.4 Å². The minimum atomic E-state index is -0.0558.